The van der Waals surface area contributed by atoms with E-state index in [2.05, 4.69) is 25.6 Å². The van der Waals surface area contributed by atoms with Crippen LogP contribution < -0.4 is 10.6 Å². The maximum Gasteiger partial charge on any atom is 0.231 e. The topological polar surface area (TPSA) is 67.7 Å². The number of nitrogens with one attached hydrogen (secondary N) is 2. The van der Waals surface area contributed by atoms with Gasteiger partial charge in [0.25, 0.3) is 0 Å². The van der Waals surface area contributed by atoms with E-state index in [1.165, 1.54) is 0 Å². The van der Waals surface area contributed by atoms with Gasteiger partial charge in [0.05, 0.1) is 37.8 Å². The number of benzene rings is 2. The van der Waals surface area contributed by atoms with Crippen LogP contribution in [0.5, 0.6) is 0 Å². The maximum atomic E-state index is 6.29. The molecule has 28 heavy (non-hydrogen) atoms. The van der Waals surface area contributed by atoms with Crippen molar-refractivity contribution in [3.05, 3.63) is 62.8 Å². The van der Waals surface area contributed by atoms with E-state index in [0.29, 0.717) is 48.4 Å². The third-order valence-corrected chi connectivity index (χ3v) is 5.24. The molecule has 2 aromatic carbocycles. The van der Waals surface area contributed by atoms with E-state index in [1.54, 1.807) is 47.3 Å². The molecule has 0 unspecified atom stereocenters. The number of para-hydroxylation sites is 2. The molecule has 0 spiro atoms. The predicted octanol–water partition coefficient (Wildman–Crippen LogP) is 6.46. The van der Waals surface area contributed by atoms with Crippen molar-refractivity contribution in [1.29, 1.82) is 0 Å². The highest BCUT2D eigenvalue weighted by Gasteiger charge is 2.16. The van der Waals surface area contributed by atoms with E-state index in [4.69, 9.17) is 46.4 Å². The van der Waals surface area contributed by atoms with Gasteiger partial charge >= 0.3 is 0 Å². The standard InChI is InChI=1S/C18H12Cl4N6/c1-28-8-23-16-15(28)17(24-13-9(19)4-2-5-10(13)20)27-18(26-16)25-14-11(21)6-3-7-12(14)22/h2-8H,1H3,(H2,24,25,26,27). The molecule has 142 valence electrons. The lowest BCUT2D eigenvalue weighted by atomic mass is 10.3. The molecule has 0 saturated heterocycles. The molecule has 0 fully saturated rings. The quantitative estimate of drug-likeness (QED) is 0.370. The second kappa shape index (κ2) is 7.64. The molecule has 0 bridgehead atoms. The van der Waals surface area contributed by atoms with Gasteiger partial charge in [-0.25, -0.2) is 4.98 Å². The number of fused-ring (bicyclic) bond motifs is 1. The smallest absolute Gasteiger partial charge is 0.231 e. The van der Waals surface area contributed by atoms with Gasteiger partial charge in [-0.05, 0) is 24.3 Å². The fraction of sp³-hybridized carbons (Fsp3) is 0.0556. The van der Waals surface area contributed by atoms with Gasteiger partial charge in [0.1, 0.15) is 5.52 Å². The average molecular weight is 454 g/mol. The van der Waals surface area contributed by atoms with Crippen LogP contribution in [0.3, 0.4) is 0 Å². The van der Waals surface area contributed by atoms with Crippen molar-refractivity contribution in [2.24, 2.45) is 7.05 Å². The van der Waals surface area contributed by atoms with Gasteiger partial charge < -0.3 is 15.2 Å². The zero-order valence-electron chi connectivity index (χ0n) is 14.3. The number of aryl methyl sites for hydroxylation is 1. The summed E-state index contributed by atoms with van der Waals surface area (Å²) in [4.78, 5) is 13.3. The van der Waals surface area contributed by atoms with Crippen LogP contribution in [0.2, 0.25) is 20.1 Å². The number of rotatable bonds is 4. The summed E-state index contributed by atoms with van der Waals surface area (Å²) in [5, 5.41) is 8.06. The first-order chi connectivity index (χ1) is 13.4. The van der Waals surface area contributed by atoms with Crippen molar-refractivity contribution in [2.75, 3.05) is 10.6 Å². The SMILES string of the molecule is Cn1cnc2nc(Nc3c(Cl)cccc3Cl)nc(Nc3c(Cl)cccc3Cl)c21. The van der Waals surface area contributed by atoms with Gasteiger partial charge in [-0.3, -0.25) is 0 Å². The predicted molar refractivity (Wildman–Crippen MR) is 116 cm³/mol. The van der Waals surface area contributed by atoms with Crippen molar-refractivity contribution in [1.82, 2.24) is 19.5 Å². The Bertz CT molecular complexity index is 1150. The lowest BCUT2D eigenvalue weighted by Gasteiger charge is -2.14. The fourth-order valence-corrected chi connectivity index (χ4v) is 3.65. The summed E-state index contributed by atoms with van der Waals surface area (Å²) in [5.41, 5.74) is 2.21. The van der Waals surface area contributed by atoms with Crippen molar-refractivity contribution in [2.45, 2.75) is 0 Å². The largest absolute Gasteiger partial charge is 0.336 e. The Hall–Kier alpha value is -2.25. The zero-order chi connectivity index (χ0) is 19.8. The third kappa shape index (κ3) is 3.56. The molecule has 0 aliphatic carbocycles. The molecule has 0 saturated carbocycles. The first-order valence-electron chi connectivity index (χ1n) is 8.05. The number of halogens is 4. The van der Waals surface area contributed by atoms with E-state index in [-0.39, 0.29) is 5.95 Å². The summed E-state index contributed by atoms with van der Waals surface area (Å²) < 4.78 is 1.80. The van der Waals surface area contributed by atoms with Crippen LogP contribution in [0.4, 0.5) is 23.1 Å². The first-order valence-corrected chi connectivity index (χ1v) is 9.56. The molecule has 0 atom stereocenters. The molecule has 0 amide bonds. The van der Waals surface area contributed by atoms with Crippen LogP contribution in [-0.2, 0) is 7.05 Å². The molecule has 6 nitrogen and oxygen atoms in total. The van der Waals surface area contributed by atoms with E-state index in [9.17, 15) is 0 Å². The van der Waals surface area contributed by atoms with Gasteiger partial charge in [-0.15, -0.1) is 0 Å². The average Bonchev–Trinajstić information content (AvgIpc) is 3.03. The molecule has 2 heterocycles. The Morgan fingerprint density at radius 3 is 1.89 bits per heavy atom. The lowest BCUT2D eigenvalue weighted by Crippen LogP contribution is -2.04. The van der Waals surface area contributed by atoms with Gasteiger partial charge in [0.2, 0.25) is 5.95 Å². The van der Waals surface area contributed by atoms with Crippen LogP contribution in [-0.4, -0.2) is 19.5 Å². The van der Waals surface area contributed by atoms with Crippen LogP contribution in [0.1, 0.15) is 0 Å². The highest BCUT2D eigenvalue weighted by Crippen LogP contribution is 2.36. The molecular weight excluding hydrogens is 442 g/mol. The molecule has 2 N–H and O–H groups in total. The van der Waals surface area contributed by atoms with Gasteiger partial charge in [0.15, 0.2) is 11.5 Å². The molecule has 10 heteroatoms. The summed E-state index contributed by atoms with van der Waals surface area (Å²) in [6, 6.07) is 10.4. The second-order valence-corrected chi connectivity index (χ2v) is 7.50. The fourth-order valence-electron chi connectivity index (χ4n) is 2.66. The van der Waals surface area contributed by atoms with Crippen LogP contribution >= 0.6 is 46.4 Å². The molecule has 2 aromatic heterocycles. The molecule has 0 aliphatic heterocycles. The van der Waals surface area contributed by atoms with E-state index >= 15 is 0 Å². The van der Waals surface area contributed by atoms with Gasteiger partial charge in [0, 0.05) is 7.05 Å². The summed E-state index contributed by atoms with van der Waals surface area (Å²) in [5.74, 6) is 0.748. The molecule has 0 radical (unpaired) electrons. The Labute approximate surface area is 180 Å². The molecule has 0 aliphatic rings. The Morgan fingerprint density at radius 2 is 1.32 bits per heavy atom. The van der Waals surface area contributed by atoms with E-state index < -0.39 is 0 Å². The summed E-state index contributed by atoms with van der Waals surface area (Å²) in [7, 11) is 1.84. The molecule has 4 aromatic rings. The monoisotopic (exact) mass is 452 g/mol. The van der Waals surface area contributed by atoms with Gasteiger partial charge in [-0.2, -0.15) is 9.97 Å². The number of hydrogen-bond donors (Lipinski definition) is 2. The summed E-state index contributed by atoms with van der Waals surface area (Å²) in [6.07, 6.45) is 1.64. The minimum Gasteiger partial charge on any atom is -0.336 e. The summed E-state index contributed by atoms with van der Waals surface area (Å²) in [6.45, 7) is 0. The van der Waals surface area contributed by atoms with Crippen LogP contribution in [0, 0.1) is 0 Å². The van der Waals surface area contributed by atoms with Crippen LogP contribution in [0.25, 0.3) is 11.2 Å². The van der Waals surface area contributed by atoms with Crippen molar-refractivity contribution in [3.8, 4) is 0 Å². The van der Waals surface area contributed by atoms with Gasteiger partial charge in [-0.1, -0.05) is 58.5 Å². The van der Waals surface area contributed by atoms with Crippen molar-refractivity contribution < 1.29 is 0 Å². The van der Waals surface area contributed by atoms with E-state index in [1.807, 2.05) is 7.05 Å². The lowest BCUT2D eigenvalue weighted by molar-refractivity contribution is 0.945. The number of nitrogens with zero attached hydrogens (tertiary/aromatic N) is 4. The highest BCUT2D eigenvalue weighted by molar-refractivity contribution is 6.40. The number of hydrogen-bond acceptors (Lipinski definition) is 5. The number of aromatic nitrogens is 4. The number of anilines is 4. The maximum absolute atomic E-state index is 6.29. The Morgan fingerprint density at radius 1 is 0.786 bits per heavy atom. The Balaban J connectivity index is 1.83. The minimum absolute atomic E-state index is 0.270. The van der Waals surface area contributed by atoms with Crippen molar-refractivity contribution >= 4 is 80.7 Å². The highest BCUT2D eigenvalue weighted by atomic mass is 35.5. The third-order valence-electron chi connectivity index (χ3n) is 3.98. The first kappa shape index (κ1) is 19.1. The van der Waals surface area contributed by atoms with Crippen LogP contribution in [0.15, 0.2) is 42.7 Å². The van der Waals surface area contributed by atoms with Crippen molar-refractivity contribution in [3.63, 3.8) is 0 Å². The zero-order valence-corrected chi connectivity index (χ0v) is 17.4. The molecule has 4 rings (SSSR count). The Kier molecular flexibility index (Phi) is 5.21. The number of imidazole rings is 1. The summed E-state index contributed by atoms with van der Waals surface area (Å²) >= 11 is 25.1. The minimum atomic E-state index is 0.270. The van der Waals surface area contributed by atoms with E-state index in [0.717, 1.165) is 0 Å². The molecular formula is C18H12Cl4N6. The normalized spacial score (nSPS) is 11.0. The second-order valence-electron chi connectivity index (χ2n) is 5.87.